The van der Waals surface area contributed by atoms with Gasteiger partial charge in [-0.1, -0.05) is 11.6 Å². The molecule has 0 fully saturated rings. The summed E-state index contributed by atoms with van der Waals surface area (Å²) in [7, 11) is 0. The molecule has 0 saturated carbocycles. The summed E-state index contributed by atoms with van der Waals surface area (Å²) in [6, 6.07) is 6.00. The average Bonchev–Trinajstić information content (AvgIpc) is 2.33. The van der Waals surface area contributed by atoms with Gasteiger partial charge in [-0.15, -0.1) is 0 Å². The molecule has 0 spiro atoms. The molecule has 0 amide bonds. The van der Waals surface area contributed by atoms with Gasteiger partial charge in [0.05, 0.1) is 4.47 Å². The Morgan fingerprint density at radius 3 is 2.44 bits per heavy atom. The molecule has 0 N–H and O–H groups in total. The van der Waals surface area contributed by atoms with Gasteiger partial charge in [0.2, 0.25) is 0 Å². The summed E-state index contributed by atoms with van der Waals surface area (Å²) < 4.78 is 28.8. The highest BCUT2D eigenvalue weighted by Crippen LogP contribution is 2.24. The number of rotatable bonds is 3. The summed E-state index contributed by atoms with van der Waals surface area (Å²) in [5.74, 6) is 0.490. The Labute approximate surface area is 115 Å². The van der Waals surface area contributed by atoms with Crippen molar-refractivity contribution in [3.05, 3.63) is 40.1 Å². The minimum atomic E-state index is -2.84. The zero-order valence-electron chi connectivity index (χ0n) is 8.78. The fourth-order valence-corrected chi connectivity index (χ4v) is 1.59. The van der Waals surface area contributed by atoms with E-state index in [1.807, 2.05) is 0 Å². The van der Waals surface area contributed by atoms with Crippen LogP contribution in [0.25, 0.3) is 11.4 Å². The third-order valence-corrected chi connectivity index (χ3v) is 3.14. The van der Waals surface area contributed by atoms with Crippen molar-refractivity contribution in [1.29, 1.82) is 0 Å². The second-order valence-electron chi connectivity index (χ2n) is 3.24. The number of nitrogens with zero attached hydrogens (tertiary/aromatic N) is 2. The third-order valence-electron chi connectivity index (χ3n) is 2.04. The Bertz CT molecular complexity index is 551. The van der Waals surface area contributed by atoms with Crippen molar-refractivity contribution in [1.82, 2.24) is 9.97 Å². The van der Waals surface area contributed by atoms with E-state index >= 15 is 0 Å². The van der Waals surface area contributed by atoms with E-state index in [4.69, 9.17) is 11.6 Å². The van der Waals surface area contributed by atoms with Crippen molar-refractivity contribution in [3.8, 4) is 17.1 Å². The van der Waals surface area contributed by atoms with Crippen LogP contribution in [-0.2, 0) is 0 Å². The predicted octanol–water partition coefficient (Wildman–Crippen LogP) is 4.16. The number of benzene rings is 1. The molecule has 2 rings (SSSR count). The summed E-state index contributed by atoms with van der Waals surface area (Å²) in [5, 5.41) is 0.285. The van der Waals surface area contributed by atoms with Crippen molar-refractivity contribution in [2.45, 2.75) is 6.61 Å². The fraction of sp³-hybridized carbons (Fsp3) is 0.0909. The lowest BCUT2D eigenvalue weighted by atomic mass is 10.2. The minimum absolute atomic E-state index is 0.0805. The number of aromatic nitrogens is 2. The molecule has 0 radical (unpaired) electrons. The van der Waals surface area contributed by atoms with Crippen LogP contribution in [-0.4, -0.2) is 16.6 Å². The molecular formula is C11H6BrClF2N2O. The van der Waals surface area contributed by atoms with Crippen LogP contribution in [0.5, 0.6) is 5.75 Å². The molecule has 0 aliphatic carbocycles. The Balaban J connectivity index is 2.25. The van der Waals surface area contributed by atoms with Crippen LogP contribution >= 0.6 is 27.5 Å². The molecule has 0 bridgehead atoms. The highest BCUT2D eigenvalue weighted by atomic mass is 79.9. The van der Waals surface area contributed by atoms with E-state index < -0.39 is 6.61 Å². The first-order valence-corrected chi connectivity index (χ1v) is 5.96. The van der Waals surface area contributed by atoms with Crippen molar-refractivity contribution >= 4 is 27.5 Å². The minimum Gasteiger partial charge on any atom is -0.435 e. The zero-order chi connectivity index (χ0) is 13.1. The summed E-state index contributed by atoms with van der Waals surface area (Å²) in [4.78, 5) is 8.12. The van der Waals surface area contributed by atoms with Gasteiger partial charge in [0.1, 0.15) is 10.9 Å². The molecule has 0 unspecified atom stereocenters. The van der Waals surface area contributed by atoms with Crippen LogP contribution in [0, 0.1) is 0 Å². The van der Waals surface area contributed by atoms with Gasteiger partial charge in [0.15, 0.2) is 5.82 Å². The zero-order valence-corrected chi connectivity index (χ0v) is 11.1. The third kappa shape index (κ3) is 3.14. The first-order valence-electron chi connectivity index (χ1n) is 4.79. The van der Waals surface area contributed by atoms with Gasteiger partial charge in [-0.2, -0.15) is 8.78 Å². The van der Waals surface area contributed by atoms with Gasteiger partial charge in [-0.3, -0.25) is 0 Å². The predicted molar refractivity (Wildman–Crippen MR) is 66.8 cm³/mol. The first-order chi connectivity index (χ1) is 8.56. The second-order valence-corrected chi connectivity index (χ2v) is 4.45. The maximum Gasteiger partial charge on any atom is 0.387 e. The van der Waals surface area contributed by atoms with Gasteiger partial charge >= 0.3 is 6.61 Å². The standard InChI is InChI=1S/C11H6BrClF2N2O/c12-8-5-16-10(17-9(8)13)6-1-3-7(4-2-6)18-11(14)15/h1-5,11H. The molecular weight excluding hydrogens is 329 g/mol. The molecule has 0 aliphatic heterocycles. The Morgan fingerprint density at radius 1 is 1.22 bits per heavy atom. The maximum atomic E-state index is 12.0. The Kier molecular flexibility index (Phi) is 4.08. The highest BCUT2D eigenvalue weighted by Gasteiger charge is 2.07. The van der Waals surface area contributed by atoms with E-state index in [-0.39, 0.29) is 10.9 Å². The van der Waals surface area contributed by atoms with Crippen LogP contribution in [0.2, 0.25) is 5.15 Å². The molecule has 1 aromatic carbocycles. The number of halogens is 4. The normalized spacial score (nSPS) is 10.7. The van der Waals surface area contributed by atoms with E-state index in [0.29, 0.717) is 15.9 Å². The maximum absolute atomic E-state index is 12.0. The van der Waals surface area contributed by atoms with E-state index in [0.717, 1.165) is 0 Å². The quantitative estimate of drug-likeness (QED) is 0.790. The van der Waals surface area contributed by atoms with Crippen LogP contribution in [0.4, 0.5) is 8.78 Å². The van der Waals surface area contributed by atoms with Crippen molar-refractivity contribution < 1.29 is 13.5 Å². The SMILES string of the molecule is FC(F)Oc1ccc(-c2ncc(Br)c(Cl)n2)cc1. The smallest absolute Gasteiger partial charge is 0.387 e. The highest BCUT2D eigenvalue weighted by molar-refractivity contribution is 9.10. The lowest BCUT2D eigenvalue weighted by molar-refractivity contribution is -0.0498. The van der Waals surface area contributed by atoms with Gasteiger partial charge in [0.25, 0.3) is 0 Å². The van der Waals surface area contributed by atoms with E-state index in [1.54, 1.807) is 12.1 Å². The van der Waals surface area contributed by atoms with Crippen LogP contribution in [0.15, 0.2) is 34.9 Å². The average molecular weight is 336 g/mol. The summed E-state index contributed by atoms with van der Waals surface area (Å²) in [6.07, 6.45) is 1.52. The van der Waals surface area contributed by atoms with Crippen molar-refractivity contribution in [2.75, 3.05) is 0 Å². The summed E-state index contributed by atoms with van der Waals surface area (Å²) >= 11 is 9.02. The lowest BCUT2D eigenvalue weighted by Gasteiger charge is -2.05. The number of ether oxygens (including phenoxy) is 1. The first kappa shape index (κ1) is 13.2. The molecule has 0 atom stereocenters. The number of hydrogen-bond acceptors (Lipinski definition) is 3. The van der Waals surface area contributed by atoms with E-state index in [9.17, 15) is 8.78 Å². The molecule has 0 aliphatic rings. The monoisotopic (exact) mass is 334 g/mol. The largest absolute Gasteiger partial charge is 0.435 e. The number of hydrogen-bond donors (Lipinski definition) is 0. The molecule has 1 heterocycles. The molecule has 7 heteroatoms. The summed E-state index contributed by atoms with van der Waals surface area (Å²) in [5.41, 5.74) is 0.658. The van der Waals surface area contributed by atoms with Crippen molar-refractivity contribution in [3.63, 3.8) is 0 Å². The van der Waals surface area contributed by atoms with Gasteiger partial charge in [0, 0.05) is 11.8 Å². The van der Waals surface area contributed by atoms with E-state index in [2.05, 4.69) is 30.6 Å². The van der Waals surface area contributed by atoms with Gasteiger partial charge in [-0.25, -0.2) is 9.97 Å². The molecule has 0 saturated heterocycles. The fourth-order valence-electron chi connectivity index (χ4n) is 1.27. The van der Waals surface area contributed by atoms with Crippen LogP contribution < -0.4 is 4.74 Å². The molecule has 3 nitrogen and oxygen atoms in total. The van der Waals surface area contributed by atoms with Crippen LogP contribution in [0.3, 0.4) is 0 Å². The Morgan fingerprint density at radius 2 is 1.89 bits per heavy atom. The van der Waals surface area contributed by atoms with Gasteiger partial charge < -0.3 is 4.74 Å². The molecule has 18 heavy (non-hydrogen) atoms. The second kappa shape index (κ2) is 5.58. The molecule has 94 valence electrons. The van der Waals surface area contributed by atoms with Crippen molar-refractivity contribution in [2.24, 2.45) is 0 Å². The Hall–Kier alpha value is -1.27. The number of alkyl halides is 2. The topological polar surface area (TPSA) is 35.0 Å². The van der Waals surface area contributed by atoms with E-state index in [1.165, 1.54) is 18.3 Å². The summed E-state index contributed by atoms with van der Waals surface area (Å²) in [6.45, 7) is -2.84. The van der Waals surface area contributed by atoms with Crippen LogP contribution in [0.1, 0.15) is 0 Å². The van der Waals surface area contributed by atoms with Gasteiger partial charge in [-0.05, 0) is 40.2 Å². The molecule has 2 aromatic rings. The lowest BCUT2D eigenvalue weighted by Crippen LogP contribution is -2.01. The molecule has 1 aromatic heterocycles.